The van der Waals surface area contributed by atoms with E-state index in [4.69, 9.17) is 5.73 Å². The number of esters is 2. The lowest BCUT2D eigenvalue weighted by atomic mass is 9.74. The van der Waals surface area contributed by atoms with Gasteiger partial charge >= 0.3 is 11.9 Å². The van der Waals surface area contributed by atoms with Crippen LogP contribution < -0.4 is 5.73 Å². The molecule has 2 rings (SSSR count). The average Bonchev–Trinajstić information content (AvgIpc) is 2.43. The van der Waals surface area contributed by atoms with E-state index in [0.717, 1.165) is 25.7 Å². The maximum Gasteiger partial charge on any atom is 0.334 e. The average molecular weight is 197 g/mol. The number of rotatable bonds is 1. The molecule has 1 unspecified atom stereocenters. The molecule has 0 radical (unpaired) electrons. The first-order valence-electron chi connectivity index (χ1n) is 5.17. The highest BCUT2D eigenvalue weighted by atomic mass is 16.6. The minimum atomic E-state index is -1.02. The van der Waals surface area contributed by atoms with Gasteiger partial charge in [0.05, 0.1) is 6.42 Å². The summed E-state index contributed by atoms with van der Waals surface area (Å²) < 4.78 is 4.53. The van der Waals surface area contributed by atoms with Gasteiger partial charge in [0.25, 0.3) is 0 Å². The highest BCUT2D eigenvalue weighted by Gasteiger charge is 2.51. The summed E-state index contributed by atoms with van der Waals surface area (Å²) in [6.45, 7) is 0. The molecule has 0 aromatic rings. The maximum atomic E-state index is 11.4. The summed E-state index contributed by atoms with van der Waals surface area (Å²) in [5.41, 5.74) is 4.96. The van der Waals surface area contributed by atoms with E-state index >= 15 is 0 Å². The highest BCUT2D eigenvalue weighted by molar-refractivity contribution is 6.00. The van der Waals surface area contributed by atoms with Crippen molar-refractivity contribution in [3.05, 3.63) is 0 Å². The molecule has 1 aliphatic heterocycles. The Labute approximate surface area is 82.8 Å². The van der Waals surface area contributed by atoms with Gasteiger partial charge in [-0.15, -0.1) is 0 Å². The van der Waals surface area contributed by atoms with Crippen molar-refractivity contribution in [3.8, 4) is 0 Å². The van der Waals surface area contributed by atoms with Crippen molar-refractivity contribution in [3.63, 3.8) is 0 Å². The van der Waals surface area contributed by atoms with E-state index in [2.05, 4.69) is 4.74 Å². The van der Waals surface area contributed by atoms with Crippen LogP contribution in [0.15, 0.2) is 0 Å². The van der Waals surface area contributed by atoms with E-state index in [-0.39, 0.29) is 12.3 Å². The van der Waals surface area contributed by atoms with Crippen LogP contribution in [-0.4, -0.2) is 17.5 Å². The number of ether oxygens (including phenoxy) is 1. The summed E-state index contributed by atoms with van der Waals surface area (Å²) >= 11 is 0. The Hall–Kier alpha value is -0.900. The predicted octanol–water partition coefficient (Wildman–Crippen LogP) is 0.738. The van der Waals surface area contributed by atoms with Gasteiger partial charge in [-0.05, 0) is 18.8 Å². The van der Waals surface area contributed by atoms with Gasteiger partial charge in [0.1, 0.15) is 5.54 Å². The van der Waals surface area contributed by atoms with Gasteiger partial charge in [0, 0.05) is 0 Å². The van der Waals surface area contributed by atoms with Crippen LogP contribution in [0.1, 0.15) is 38.5 Å². The normalized spacial score (nSPS) is 34.6. The fourth-order valence-corrected chi connectivity index (χ4v) is 2.47. The first-order chi connectivity index (χ1) is 6.63. The molecule has 1 heterocycles. The molecule has 0 spiro atoms. The third kappa shape index (κ3) is 1.43. The first kappa shape index (κ1) is 9.65. The second kappa shape index (κ2) is 3.35. The van der Waals surface area contributed by atoms with Crippen molar-refractivity contribution in [1.29, 1.82) is 0 Å². The van der Waals surface area contributed by atoms with E-state index < -0.39 is 17.5 Å². The summed E-state index contributed by atoms with van der Waals surface area (Å²) in [4.78, 5) is 22.4. The van der Waals surface area contributed by atoms with E-state index in [0.29, 0.717) is 0 Å². The lowest BCUT2D eigenvalue weighted by molar-refractivity contribution is -0.154. The van der Waals surface area contributed by atoms with E-state index in [1.54, 1.807) is 0 Å². The summed E-state index contributed by atoms with van der Waals surface area (Å²) in [7, 11) is 0. The van der Waals surface area contributed by atoms with Crippen LogP contribution in [0.2, 0.25) is 0 Å². The van der Waals surface area contributed by atoms with Gasteiger partial charge in [0.2, 0.25) is 0 Å². The van der Waals surface area contributed by atoms with Crippen LogP contribution >= 0.6 is 0 Å². The summed E-state index contributed by atoms with van der Waals surface area (Å²) in [5, 5.41) is 0. The molecule has 0 bridgehead atoms. The third-order valence-electron chi connectivity index (χ3n) is 3.36. The van der Waals surface area contributed by atoms with Crippen LogP contribution in [-0.2, 0) is 14.3 Å². The zero-order chi connectivity index (χ0) is 10.2. The minimum absolute atomic E-state index is 0.0660. The molecule has 78 valence electrons. The Balaban J connectivity index is 2.14. The molecular weight excluding hydrogens is 182 g/mol. The molecule has 1 saturated carbocycles. The van der Waals surface area contributed by atoms with Crippen molar-refractivity contribution in [2.45, 2.75) is 44.1 Å². The molecule has 0 amide bonds. The number of hydrogen-bond donors (Lipinski definition) is 1. The molecule has 0 aromatic carbocycles. The standard InChI is InChI=1S/C10H15NO3/c11-10(6-8(12)14-9(10)13)7-4-2-1-3-5-7/h7H,1-6,11H2. The van der Waals surface area contributed by atoms with Gasteiger partial charge in [-0.3, -0.25) is 4.79 Å². The second-order valence-corrected chi connectivity index (χ2v) is 4.31. The number of hydrogen-bond acceptors (Lipinski definition) is 4. The third-order valence-corrected chi connectivity index (χ3v) is 3.36. The van der Waals surface area contributed by atoms with E-state index in [1.165, 1.54) is 6.42 Å². The summed E-state index contributed by atoms with van der Waals surface area (Å²) in [6.07, 6.45) is 5.36. The van der Waals surface area contributed by atoms with Crippen molar-refractivity contribution >= 4 is 11.9 Å². The molecule has 1 atom stereocenters. The van der Waals surface area contributed by atoms with Gasteiger partial charge in [-0.1, -0.05) is 19.3 Å². The van der Waals surface area contributed by atoms with Crippen molar-refractivity contribution < 1.29 is 14.3 Å². The molecule has 2 N–H and O–H groups in total. The van der Waals surface area contributed by atoms with Crippen molar-refractivity contribution in [2.24, 2.45) is 11.7 Å². The number of cyclic esters (lactones) is 2. The molecule has 4 nitrogen and oxygen atoms in total. The maximum absolute atomic E-state index is 11.4. The summed E-state index contributed by atoms with van der Waals surface area (Å²) in [6, 6.07) is 0. The van der Waals surface area contributed by atoms with Gasteiger partial charge in [-0.2, -0.15) is 0 Å². The molecule has 1 saturated heterocycles. The number of carbonyl (C=O) groups is 2. The Morgan fingerprint density at radius 3 is 2.36 bits per heavy atom. The van der Waals surface area contributed by atoms with Gasteiger partial charge < -0.3 is 10.5 Å². The molecule has 14 heavy (non-hydrogen) atoms. The molecular formula is C10H15NO3. The van der Waals surface area contributed by atoms with Gasteiger partial charge in [0.15, 0.2) is 0 Å². The Morgan fingerprint density at radius 1 is 1.21 bits per heavy atom. The topological polar surface area (TPSA) is 69.4 Å². The fraction of sp³-hybridized carbons (Fsp3) is 0.800. The smallest absolute Gasteiger partial charge is 0.334 e. The van der Waals surface area contributed by atoms with E-state index in [1.807, 2.05) is 0 Å². The second-order valence-electron chi connectivity index (χ2n) is 4.31. The number of nitrogens with two attached hydrogens (primary N) is 1. The zero-order valence-corrected chi connectivity index (χ0v) is 8.12. The number of carbonyl (C=O) groups excluding carboxylic acids is 2. The SMILES string of the molecule is NC1(C2CCCCC2)CC(=O)OC1=O. The molecule has 1 aliphatic carbocycles. The van der Waals surface area contributed by atoms with Crippen molar-refractivity contribution in [1.82, 2.24) is 0 Å². The largest absolute Gasteiger partial charge is 0.392 e. The van der Waals surface area contributed by atoms with Crippen LogP contribution in [0, 0.1) is 5.92 Å². The van der Waals surface area contributed by atoms with Crippen molar-refractivity contribution in [2.75, 3.05) is 0 Å². The fourth-order valence-electron chi connectivity index (χ4n) is 2.47. The molecule has 2 aliphatic rings. The quantitative estimate of drug-likeness (QED) is 0.497. The Morgan fingerprint density at radius 2 is 1.86 bits per heavy atom. The highest BCUT2D eigenvalue weighted by Crippen LogP contribution is 2.36. The molecule has 2 fully saturated rings. The monoisotopic (exact) mass is 197 g/mol. The predicted molar refractivity (Wildman–Crippen MR) is 49.2 cm³/mol. The van der Waals surface area contributed by atoms with Crippen LogP contribution in [0.4, 0.5) is 0 Å². The van der Waals surface area contributed by atoms with E-state index in [9.17, 15) is 9.59 Å². The first-order valence-corrected chi connectivity index (χ1v) is 5.17. The Kier molecular flexibility index (Phi) is 2.31. The zero-order valence-electron chi connectivity index (χ0n) is 8.12. The Bertz CT molecular complexity index is 271. The van der Waals surface area contributed by atoms with Crippen LogP contribution in [0.25, 0.3) is 0 Å². The lowest BCUT2D eigenvalue weighted by Gasteiger charge is -2.32. The van der Waals surface area contributed by atoms with Crippen LogP contribution in [0.3, 0.4) is 0 Å². The van der Waals surface area contributed by atoms with Gasteiger partial charge in [-0.25, -0.2) is 4.79 Å². The molecule has 4 heteroatoms. The molecule has 0 aromatic heterocycles. The van der Waals surface area contributed by atoms with Crippen LogP contribution in [0.5, 0.6) is 0 Å². The summed E-state index contributed by atoms with van der Waals surface area (Å²) in [5.74, 6) is -0.854. The lowest BCUT2D eigenvalue weighted by Crippen LogP contribution is -2.51. The minimum Gasteiger partial charge on any atom is -0.392 e.